The van der Waals surface area contributed by atoms with Gasteiger partial charge in [-0.2, -0.15) is 0 Å². The Morgan fingerprint density at radius 2 is 1.79 bits per heavy atom. The van der Waals surface area contributed by atoms with Crippen molar-refractivity contribution in [3.8, 4) is 0 Å². The first-order valence-electron chi connectivity index (χ1n) is 6.09. The fraction of sp³-hybridized carbons (Fsp3) is 0.0667. The zero-order chi connectivity index (χ0) is 13.1. The number of aromatic nitrogens is 2. The molecule has 3 N–H and O–H groups in total. The molecule has 0 saturated carbocycles. The average Bonchev–Trinajstić information content (AvgIpc) is 2.49. The monoisotopic (exact) mass is 250 g/mol. The van der Waals surface area contributed by atoms with Gasteiger partial charge in [0, 0.05) is 24.0 Å². The number of pyridine rings is 2. The van der Waals surface area contributed by atoms with Gasteiger partial charge in [-0.15, -0.1) is 0 Å². The minimum absolute atomic E-state index is 0.0485. The van der Waals surface area contributed by atoms with Crippen LogP contribution in [0, 0.1) is 0 Å². The maximum absolute atomic E-state index is 5.69. The van der Waals surface area contributed by atoms with Crippen LogP contribution in [0.15, 0.2) is 61.1 Å². The smallest absolute Gasteiger partial charge is 0.0711 e. The highest BCUT2D eigenvalue weighted by Gasteiger charge is 2.12. The third kappa shape index (κ3) is 2.31. The van der Waals surface area contributed by atoms with Gasteiger partial charge in [0.15, 0.2) is 0 Å². The summed E-state index contributed by atoms with van der Waals surface area (Å²) in [7, 11) is 0. The fourth-order valence-electron chi connectivity index (χ4n) is 2.21. The molecule has 0 bridgehead atoms. The van der Waals surface area contributed by atoms with Crippen molar-refractivity contribution in [2.75, 3.05) is 0 Å². The van der Waals surface area contributed by atoms with Crippen molar-refractivity contribution in [1.29, 1.82) is 0 Å². The highest BCUT2D eigenvalue weighted by molar-refractivity contribution is 5.79. The first-order chi connectivity index (χ1) is 9.38. The summed E-state index contributed by atoms with van der Waals surface area (Å²) >= 11 is 0. The van der Waals surface area contributed by atoms with Gasteiger partial charge in [0.2, 0.25) is 0 Å². The summed E-state index contributed by atoms with van der Waals surface area (Å²) in [6.45, 7) is 0. The Bertz CT molecular complexity index is 682. The van der Waals surface area contributed by atoms with Crippen LogP contribution in [-0.4, -0.2) is 9.97 Å². The van der Waals surface area contributed by atoms with Crippen molar-refractivity contribution in [2.45, 2.75) is 6.04 Å². The maximum Gasteiger partial charge on any atom is 0.0711 e. The zero-order valence-corrected chi connectivity index (χ0v) is 10.3. The molecule has 19 heavy (non-hydrogen) atoms. The molecular weight excluding hydrogens is 236 g/mol. The quantitative estimate of drug-likeness (QED) is 0.552. The fourth-order valence-corrected chi connectivity index (χ4v) is 2.21. The van der Waals surface area contributed by atoms with Crippen LogP contribution in [0.3, 0.4) is 0 Å². The minimum Gasteiger partial charge on any atom is -0.271 e. The molecule has 2 heterocycles. The third-order valence-electron chi connectivity index (χ3n) is 3.17. The molecule has 1 aromatic carbocycles. The summed E-state index contributed by atoms with van der Waals surface area (Å²) in [4.78, 5) is 8.35. The van der Waals surface area contributed by atoms with Gasteiger partial charge >= 0.3 is 0 Å². The van der Waals surface area contributed by atoms with Crippen LogP contribution in [-0.2, 0) is 0 Å². The first-order valence-corrected chi connectivity index (χ1v) is 6.09. The van der Waals surface area contributed by atoms with Gasteiger partial charge in [-0.1, -0.05) is 12.1 Å². The lowest BCUT2D eigenvalue weighted by molar-refractivity contribution is 0.637. The van der Waals surface area contributed by atoms with Crippen LogP contribution in [0.2, 0.25) is 0 Å². The lowest BCUT2D eigenvalue weighted by Gasteiger charge is -2.17. The summed E-state index contributed by atoms with van der Waals surface area (Å²) in [5, 5.41) is 1.11. The van der Waals surface area contributed by atoms with Gasteiger partial charge in [-0.05, 0) is 41.5 Å². The van der Waals surface area contributed by atoms with Crippen molar-refractivity contribution in [3.63, 3.8) is 0 Å². The van der Waals surface area contributed by atoms with Crippen LogP contribution in [0.5, 0.6) is 0 Å². The first kappa shape index (κ1) is 11.8. The summed E-state index contributed by atoms with van der Waals surface area (Å²) in [5.41, 5.74) is 6.02. The highest BCUT2D eigenvalue weighted by atomic mass is 15.2. The molecule has 0 saturated heterocycles. The van der Waals surface area contributed by atoms with Gasteiger partial charge in [0.05, 0.1) is 11.6 Å². The summed E-state index contributed by atoms with van der Waals surface area (Å²) in [5.74, 6) is 5.69. The van der Waals surface area contributed by atoms with E-state index in [0.29, 0.717) is 0 Å². The number of nitrogens with one attached hydrogen (secondary N) is 1. The van der Waals surface area contributed by atoms with E-state index in [4.69, 9.17) is 5.84 Å². The molecule has 3 aromatic rings. The number of rotatable bonds is 3. The van der Waals surface area contributed by atoms with Gasteiger partial charge in [-0.3, -0.25) is 15.8 Å². The Hall–Kier alpha value is -2.30. The molecule has 0 fully saturated rings. The minimum atomic E-state index is -0.0485. The normalized spacial score (nSPS) is 12.5. The van der Waals surface area contributed by atoms with E-state index in [0.717, 1.165) is 22.0 Å². The van der Waals surface area contributed by atoms with Crippen LogP contribution in [0.25, 0.3) is 10.9 Å². The van der Waals surface area contributed by atoms with Crippen molar-refractivity contribution in [3.05, 3.63) is 72.2 Å². The van der Waals surface area contributed by atoms with E-state index in [1.54, 1.807) is 18.6 Å². The molecule has 0 aliphatic rings. The van der Waals surface area contributed by atoms with E-state index in [9.17, 15) is 0 Å². The van der Waals surface area contributed by atoms with E-state index >= 15 is 0 Å². The zero-order valence-electron chi connectivity index (χ0n) is 10.3. The predicted molar refractivity (Wildman–Crippen MR) is 75.1 cm³/mol. The van der Waals surface area contributed by atoms with Gasteiger partial charge in [0.1, 0.15) is 0 Å². The van der Waals surface area contributed by atoms with E-state index in [1.165, 1.54) is 0 Å². The molecule has 4 nitrogen and oxygen atoms in total. The molecule has 94 valence electrons. The van der Waals surface area contributed by atoms with Crippen molar-refractivity contribution in [1.82, 2.24) is 15.4 Å². The van der Waals surface area contributed by atoms with Crippen molar-refractivity contribution < 1.29 is 0 Å². The number of hydrogen-bond donors (Lipinski definition) is 2. The average molecular weight is 250 g/mol. The van der Waals surface area contributed by atoms with Crippen LogP contribution in [0.4, 0.5) is 0 Å². The van der Waals surface area contributed by atoms with E-state index in [-0.39, 0.29) is 6.04 Å². The van der Waals surface area contributed by atoms with E-state index in [1.807, 2.05) is 36.4 Å². The Morgan fingerprint density at radius 1 is 0.947 bits per heavy atom. The molecule has 2 aromatic heterocycles. The molecule has 3 rings (SSSR count). The van der Waals surface area contributed by atoms with Gasteiger partial charge in [-0.25, -0.2) is 5.43 Å². The largest absolute Gasteiger partial charge is 0.271 e. The number of benzene rings is 1. The highest BCUT2D eigenvalue weighted by Crippen LogP contribution is 2.23. The number of hydrazine groups is 1. The Balaban J connectivity index is 2.06. The molecule has 1 unspecified atom stereocenters. The van der Waals surface area contributed by atoms with Crippen LogP contribution in [0.1, 0.15) is 17.2 Å². The molecule has 0 aliphatic carbocycles. The number of nitrogens with zero attached hydrogens (tertiary/aromatic N) is 2. The van der Waals surface area contributed by atoms with Crippen molar-refractivity contribution in [2.24, 2.45) is 5.84 Å². The maximum atomic E-state index is 5.69. The second kappa shape index (κ2) is 5.14. The molecule has 0 amide bonds. The van der Waals surface area contributed by atoms with E-state index in [2.05, 4.69) is 21.5 Å². The Kier molecular flexibility index (Phi) is 3.18. The SMILES string of the molecule is NNC(c1ccncc1)c1ccc2ncccc2c1. The molecule has 1 atom stereocenters. The van der Waals surface area contributed by atoms with Gasteiger partial charge < -0.3 is 0 Å². The second-order valence-electron chi connectivity index (χ2n) is 4.34. The topological polar surface area (TPSA) is 63.8 Å². The third-order valence-corrected chi connectivity index (χ3v) is 3.17. The van der Waals surface area contributed by atoms with Crippen molar-refractivity contribution >= 4 is 10.9 Å². The van der Waals surface area contributed by atoms with E-state index < -0.39 is 0 Å². The summed E-state index contributed by atoms with van der Waals surface area (Å²) in [6, 6.07) is 14.0. The molecular formula is C15H14N4. The standard InChI is InChI=1S/C15H14N4/c16-19-15(11-5-8-17-9-6-11)13-3-4-14-12(10-13)2-1-7-18-14/h1-10,15,19H,16H2. The Labute approximate surface area is 111 Å². The van der Waals surface area contributed by atoms with Crippen LogP contribution >= 0.6 is 0 Å². The summed E-state index contributed by atoms with van der Waals surface area (Å²) in [6.07, 6.45) is 5.33. The lowest BCUT2D eigenvalue weighted by atomic mass is 9.99. The molecule has 0 aliphatic heterocycles. The van der Waals surface area contributed by atoms with Crippen LogP contribution < -0.4 is 11.3 Å². The predicted octanol–water partition coefficient (Wildman–Crippen LogP) is 2.18. The number of fused-ring (bicyclic) bond motifs is 1. The number of nitrogens with two attached hydrogens (primary N) is 1. The Morgan fingerprint density at radius 3 is 2.58 bits per heavy atom. The molecule has 0 radical (unpaired) electrons. The number of hydrogen-bond acceptors (Lipinski definition) is 4. The lowest BCUT2D eigenvalue weighted by Crippen LogP contribution is -2.28. The molecule has 0 spiro atoms. The second-order valence-corrected chi connectivity index (χ2v) is 4.34. The van der Waals surface area contributed by atoms with Gasteiger partial charge in [0.25, 0.3) is 0 Å². The molecule has 4 heteroatoms. The summed E-state index contributed by atoms with van der Waals surface area (Å²) < 4.78 is 0.